The highest BCUT2D eigenvalue weighted by molar-refractivity contribution is 5.83. The molecule has 0 unspecified atom stereocenters. The van der Waals surface area contributed by atoms with Crippen LogP contribution in [0.15, 0.2) is 5.16 Å². The van der Waals surface area contributed by atoms with E-state index in [-0.39, 0.29) is 0 Å². The number of oxime groups is 1. The lowest BCUT2D eigenvalue weighted by molar-refractivity contribution is 0.313. The van der Waals surface area contributed by atoms with Gasteiger partial charge < -0.3 is 5.21 Å². The maximum atomic E-state index is 8.52. The molecule has 1 N–H and O–H groups in total. The molecule has 2 heteroatoms. The summed E-state index contributed by atoms with van der Waals surface area (Å²) in [5, 5.41) is 11.8. The zero-order valence-corrected chi connectivity index (χ0v) is 7.80. The van der Waals surface area contributed by atoms with Crippen LogP contribution in [0.1, 0.15) is 46.5 Å². The summed E-state index contributed by atoms with van der Waals surface area (Å²) in [6.07, 6.45) is 4.68. The van der Waals surface area contributed by atoms with E-state index >= 15 is 0 Å². The van der Waals surface area contributed by atoms with Gasteiger partial charge in [0, 0.05) is 5.92 Å². The van der Waals surface area contributed by atoms with Crippen LogP contribution in [0, 0.1) is 5.92 Å². The Morgan fingerprint density at radius 2 is 2.09 bits per heavy atom. The lowest BCUT2D eigenvalue weighted by Gasteiger charge is -2.11. The lowest BCUT2D eigenvalue weighted by Crippen LogP contribution is -2.09. The van der Waals surface area contributed by atoms with E-state index < -0.39 is 0 Å². The largest absolute Gasteiger partial charge is 0.411 e. The number of hydrogen-bond donors (Lipinski definition) is 1. The fourth-order valence-electron chi connectivity index (χ4n) is 1.24. The second-order valence-electron chi connectivity index (χ2n) is 2.99. The molecule has 66 valence electrons. The Labute approximate surface area is 69.3 Å². The van der Waals surface area contributed by atoms with Crippen LogP contribution in [0.25, 0.3) is 0 Å². The molecule has 0 spiro atoms. The van der Waals surface area contributed by atoms with Crippen molar-refractivity contribution >= 4 is 5.71 Å². The van der Waals surface area contributed by atoms with Crippen molar-refractivity contribution < 1.29 is 5.21 Å². The van der Waals surface area contributed by atoms with E-state index in [1.165, 1.54) is 12.8 Å². The molecule has 0 bridgehead atoms. The Balaban J connectivity index is 3.75. The fourth-order valence-corrected chi connectivity index (χ4v) is 1.24. The van der Waals surface area contributed by atoms with Crippen LogP contribution in [-0.4, -0.2) is 10.9 Å². The third kappa shape index (κ3) is 4.02. The van der Waals surface area contributed by atoms with Crippen LogP contribution < -0.4 is 0 Å². The second-order valence-corrected chi connectivity index (χ2v) is 2.99. The summed E-state index contributed by atoms with van der Waals surface area (Å²) >= 11 is 0. The molecular weight excluding hydrogens is 138 g/mol. The minimum absolute atomic E-state index is 0.486. The highest BCUT2D eigenvalue weighted by Gasteiger charge is 2.08. The van der Waals surface area contributed by atoms with Gasteiger partial charge in [-0.1, -0.05) is 31.8 Å². The maximum Gasteiger partial charge on any atom is 0.0570 e. The van der Waals surface area contributed by atoms with Crippen molar-refractivity contribution in [2.24, 2.45) is 11.1 Å². The summed E-state index contributed by atoms with van der Waals surface area (Å²) in [4.78, 5) is 0. The van der Waals surface area contributed by atoms with Crippen LogP contribution in [0.2, 0.25) is 0 Å². The van der Waals surface area contributed by atoms with Gasteiger partial charge in [0.1, 0.15) is 0 Å². The van der Waals surface area contributed by atoms with E-state index in [4.69, 9.17) is 5.21 Å². The normalized spacial score (nSPS) is 15.0. The molecule has 2 nitrogen and oxygen atoms in total. The summed E-state index contributed by atoms with van der Waals surface area (Å²) in [6.45, 7) is 6.21. The molecule has 0 aromatic carbocycles. The standard InChI is InChI=1S/C9H19NO/c1-4-6-7-9(5-2)8(3)10-11/h9,11H,4-7H2,1-3H3/b10-8-/t9-/m1/s1. The molecule has 0 amide bonds. The predicted molar refractivity (Wildman–Crippen MR) is 48.2 cm³/mol. The van der Waals surface area contributed by atoms with Gasteiger partial charge in [0.05, 0.1) is 5.71 Å². The Hall–Kier alpha value is -0.530. The van der Waals surface area contributed by atoms with Gasteiger partial charge >= 0.3 is 0 Å². The van der Waals surface area contributed by atoms with Crippen LogP contribution in [0.3, 0.4) is 0 Å². The summed E-state index contributed by atoms with van der Waals surface area (Å²) in [5.41, 5.74) is 0.876. The zero-order valence-electron chi connectivity index (χ0n) is 7.80. The Morgan fingerprint density at radius 3 is 2.45 bits per heavy atom. The minimum Gasteiger partial charge on any atom is -0.411 e. The van der Waals surface area contributed by atoms with Gasteiger partial charge in [-0.05, 0) is 19.8 Å². The molecule has 0 saturated carbocycles. The van der Waals surface area contributed by atoms with E-state index in [1.807, 2.05) is 6.92 Å². The first-order valence-electron chi connectivity index (χ1n) is 4.44. The molecule has 11 heavy (non-hydrogen) atoms. The number of hydrogen-bond acceptors (Lipinski definition) is 2. The molecule has 0 aromatic heterocycles. The van der Waals surface area contributed by atoms with Gasteiger partial charge in [-0.15, -0.1) is 0 Å². The van der Waals surface area contributed by atoms with Gasteiger partial charge in [-0.2, -0.15) is 0 Å². The van der Waals surface area contributed by atoms with E-state index in [9.17, 15) is 0 Å². The van der Waals surface area contributed by atoms with E-state index in [2.05, 4.69) is 19.0 Å². The third-order valence-corrected chi connectivity index (χ3v) is 2.15. The SMILES string of the molecule is CCCC[C@@H](CC)/C(C)=N\O. The second kappa shape index (κ2) is 6.20. The molecular formula is C9H19NO. The fraction of sp³-hybridized carbons (Fsp3) is 0.889. The first-order chi connectivity index (χ1) is 5.26. The van der Waals surface area contributed by atoms with Crippen molar-refractivity contribution in [3.63, 3.8) is 0 Å². The third-order valence-electron chi connectivity index (χ3n) is 2.15. The van der Waals surface area contributed by atoms with Gasteiger partial charge in [-0.25, -0.2) is 0 Å². The van der Waals surface area contributed by atoms with Crippen molar-refractivity contribution in [1.29, 1.82) is 0 Å². The molecule has 0 fully saturated rings. The van der Waals surface area contributed by atoms with Crippen molar-refractivity contribution in [3.05, 3.63) is 0 Å². The number of nitrogens with zero attached hydrogens (tertiary/aromatic N) is 1. The van der Waals surface area contributed by atoms with Gasteiger partial charge in [0.2, 0.25) is 0 Å². The number of rotatable bonds is 5. The highest BCUT2D eigenvalue weighted by atomic mass is 16.4. The predicted octanol–water partition coefficient (Wildman–Crippen LogP) is 3.05. The van der Waals surface area contributed by atoms with Gasteiger partial charge in [-0.3, -0.25) is 0 Å². The average Bonchev–Trinajstić information content (AvgIpc) is 2.05. The average molecular weight is 157 g/mol. The Bertz CT molecular complexity index is 121. The lowest BCUT2D eigenvalue weighted by atomic mass is 9.95. The summed E-state index contributed by atoms with van der Waals surface area (Å²) in [5.74, 6) is 0.486. The van der Waals surface area contributed by atoms with Crippen LogP contribution >= 0.6 is 0 Å². The van der Waals surface area contributed by atoms with Crippen molar-refractivity contribution in [1.82, 2.24) is 0 Å². The first-order valence-corrected chi connectivity index (χ1v) is 4.44. The Kier molecular flexibility index (Phi) is 5.90. The van der Waals surface area contributed by atoms with Crippen molar-refractivity contribution in [2.45, 2.75) is 46.5 Å². The van der Waals surface area contributed by atoms with Gasteiger partial charge in [0.25, 0.3) is 0 Å². The maximum absolute atomic E-state index is 8.52. The molecule has 0 aromatic rings. The summed E-state index contributed by atoms with van der Waals surface area (Å²) in [6, 6.07) is 0. The van der Waals surface area contributed by atoms with E-state index in [0.717, 1.165) is 18.6 Å². The molecule has 0 aliphatic rings. The number of unbranched alkanes of at least 4 members (excludes halogenated alkanes) is 1. The van der Waals surface area contributed by atoms with Crippen LogP contribution in [0.4, 0.5) is 0 Å². The van der Waals surface area contributed by atoms with E-state index in [1.54, 1.807) is 0 Å². The van der Waals surface area contributed by atoms with Crippen molar-refractivity contribution in [2.75, 3.05) is 0 Å². The topological polar surface area (TPSA) is 32.6 Å². The van der Waals surface area contributed by atoms with Gasteiger partial charge in [0.15, 0.2) is 0 Å². The monoisotopic (exact) mass is 157 g/mol. The summed E-state index contributed by atoms with van der Waals surface area (Å²) < 4.78 is 0. The summed E-state index contributed by atoms with van der Waals surface area (Å²) in [7, 11) is 0. The van der Waals surface area contributed by atoms with Crippen LogP contribution in [0.5, 0.6) is 0 Å². The quantitative estimate of drug-likeness (QED) is 0.371. The van der Waals surface area contributed by atoms with Crippen molar-refractivity contribution in [3.8, 4) is 0 Å². The molecule has 0 radical (unpaired) electrons. The molecule has 0 heterocycles. The van der Waals surface area contributed by atoms with Crippen LogP contribution in [-0.2, 0) is 0 Å². The highest BCUT2D eigenvalue weighted by Crippen LogP contribution is 2.13. The zero-order chi connectivity index (χ0) is 8.69. The Morgan fingerprint density at radius 1 is 1.45 bits per heavy atom. The molecule has 0 aliphatic heterocycles. The minimum atomic E-state index is 0.486. The molecule has 0 rings (SSSR count). The first kappa shape index (κ1) is 10.5. The molecule has 0 aliphatic carbocycles. The smallest absolute Gasteiger partial charge is 0.0570 e. The molecule has 0 saturated heterocycles. The van der Waals surface area contributed by atoms with E-state index in [0.29, 0.717) is 5.92 Å². The molecule has 1 atom stereocenters.